The molecule has 0 nitrogen and oxygen atoms in total. The van der Waals surface area contributed by atoms with E-state index in [1.54, 1.807) is 0 Å². The summed E-state index contributed by atoms with van der Waals surface area (Å²) >= 11 is 1.36. The van der Waals surface area contributed by atoms with Crippen LogP contribution >= 0.6 is 24.8 Å². The molecule has 266 valence electrons. The molecule has 0 aromatic heterocycles. The van der Waals surface area contributed by atoms with E-state index in [9.17, 15) is 0 Å². The molecular weight excluding hydrogens is 767 g/mol. The van der Waals surface area contributed by atoms with Crippen molar-refractivity contribution in [2.24, 2.45) is 0 Å². The molecular formula is C48H48Cl2SiZr-4. The normalized spacial score (nSPS) is 10.1. The molecule has 0 bridgehead atoms. The second-order valence-corrected chi connectivity index (χ2v) is 13.1. The Morgan fingerprint density at radius 1 is 0.481 bits per heavy atom. The minimum absolute atomic E-state index is 0. The number of aryl methyl sites for hydroxylation is 3. The van der Waals surface area contributed by atoms with Gasteiger partial charge in [-0.2, -0.15) is 12.1 Å². The van der Waals surface area contributed by atoms with E-state index in [2.05, 4.69) is 187 Å². The summed E-state index contributed by atoms with van der Waals surface area (Å²) in [4.78, 5) is 0. The van der Waals surface area contributed by atoms with Crippen molar-refractivity contribution in [3.8, 4) is 33.4 Å². The molecule has 0 amide bonds. The fourth-order valence-corrected chi connectivity index (χ4v) is 6.64. The zero-order valence-corrected chi connectivity index (χ0v) is 36.3. The Kier molecular flexibility index (Phi) is 17.2. The van der Waals surface area contributed by atoms with Gasteiger partial charge in [0.05, 0.1) is 0 Å². The Bertz CT molecular complexity index is 2320. The standard InChI is InChI=1S/C24H21.C22H19.2CH3.2ClH.Si.Zr/c1-16-4-8-19(9-5-16)21-14-22-12-18(3)13-23(22)24(15-21)20-10-6-17(2)7-11-20;1-15(2)18-13-17-9-6-12-21(22(17)14-18)20-11-5-8-16-7-3-4-10-19(16)20;;;;;;/h4-15H,1-3H3;3-15H,1-2H3;2*1H3;2*1H;;/q4*-1;;;;. The van der Waals surface area contributed by atoms with Gasteiger partial charge in [-0.1, -0.05) is 152 Å². The summed E-state index contributed by atoms with van der Waals surface area (Å²) in [6.45, 7) is 14.0. The maximum atomic E-state index is 3.06. The molecule has 0 aliphatic rings. The Morgan fingerprint density at radius 2 is 1.02 bits per heavy atom. The van der Waals surface area contributed by atoms with Gasteiger partial charge in [-0.25, -0.2) is 0 Å². The third kappa shape index (κ3) is 9.71. The van der Waals surface area contributed by atoms with Crippen molar-refractivity contribution in [1.29, 1.82) is 0 Å². The summed E-state index contributed by atoms with van der Waals surface area (Å²) in [5.74, 6) is 0.563. The van der Waals surface area contributed by atoms with E-state index in [4.69, 9.17) is 0 Å². The number of rotatable bonds is 4. The van der Waals surface area contributed by atoms with Gasteiger partial charge in [-0.15, -0.1) is 87.8 Å². The average Bonchev–Trinajstić information content (AvgIpc) is 3.73. The van der Waals surface area contributed by atoms with E-state index in [-0.39, 0.29) is 39.7 Å². The van der Waals surface area contributed by atoms with Crippen molar-refractivity contribution >= 4 is 64.0 Å². The van der Waals surface area contributed by atoms with E-state index in [1.165, 1.54) is 111 Å². The summed E-state index contributed by atoms with van der Waals surface area (Å²) in [5.41, 5.74) is 13.1. The van der Waals surface area contributed by atoms with Crippen molar-refractivity contribution in [2.75, 3.05) is 0 Å². The van der Waals surface area contributed by atoms with Crippen LogP contribution in [0.25, 0.3) is 65.7 Å². The van der Waals surface area contributed by atoms with E-state index in [0.717, 1.165) is 0 Å². The van der Waals surface area contributed by atoms with E-state index in [0.29, 0.717) is 5.92 Å². The molecule has 0 N–H and O–H groups in total. The second kappa shape index (κ2) is 20.1. The zero-order valence-electron chi connectivity index (χ0n) is 31.3. The van der Waals surface area contributed by atoms with Gasteiger partial charge in [-0.05, 0) is 47.2 Å². The van der Waals surface area contributed by atoms with Crippen molar-refractivity contribution < 1.29 is 23.3 Å². The molecule has 4 heteroatoms. The Labute approximate surface area is 341 Å². The monoisotopic (exact) mass is 812 g/mol. The first-order valence-electron chi connectivity index (χ1n) is 16.6. The molecule has 0 fully saturated rings. The van der Waals surface area contributed by atoms with Gasteiger partial charge in [0.15, 0.2) is 0 Å². The quantitative estimate of drug-likeness (QED) is 0.123. The third-order valence-electron chi connectivity index (χ3n) is 9.23. The van der Waals surface area contributed by atoms with Crippen LogP contribution in [-0.4, -0.2) is 6.88 Å². The van der Waals surface area contributed by atoms with Crippen LogP contribution < -0.4 is 0 Å². The zero-order chi connectivity index (χ0) is 33.8. The molecule has 8 rings (SSSR count). The fraction of sp³-hybridized carbons (Fsp3) is 0.125. The van der Waals surface area contributed by atoms with Gasteiger partial charge in [0.2, 0.25) is 0 Å². The first-order valence-corrected chi connectivity index (χ1v) is 20.8. The van der Waals surface area contributed by atoms with Gasteiger partial charge >= 0.3 is 30.2 Å². The molecule has 52 heavy (non-hydrogen) atoms. The number of hydrogen-bond acceptors (Lipinski definition) is 0. The average molecular weight is 815 g/mol. The van der Waals surface area contributed by atoms with Crippen molar-refractivity contribution in [1.82, 2.24) is 0 Å². The van der Waals surface area contributed by atoms with Gasteiger partial charge in [0.25, 0.3) is 0 Å². The molecule has 0 saturated carbocycles. The van der Waals surface area contributed by atoms with Crippen LogP contribution in [0.15, 0.2) is 146 Å². The first kappa shape index (κ1) is 44.6. The molecule has 2 radical (unpaired) electrons. The van der Waals surface area contributed by atoms with Crippen LogP contribution in [0, 0.1) is 35.6 Å². The van der Waals surface area contributed by atoms with Crippen LogP contribution in [0.5, 0.6) is 0 Å². The van der Waals surface area contributed by atoms with Crippen molar-refractivity contribution in [2.45, 2.75) is 40.5 Å². The Morgan fingerprint density at radius 3 is 1.65 bits per heavy atom. The van der Waals surface area contributed by atoms with Crippen LogP contribution in [0.1, 0.15) is 42.0 Å². The maximum absolute atomic E-state index is 3.06. The molecule has 0 atom stereocenters. The number of fused-ring (bicyclic) bond motifs is 3. The molecule has 0 aliphatic carbocycles. The third-order valence-corrected chi connectivity index (χ3v) is 9.23. The van der Waals surface area contributed by atoms with Crippen LogP contribution in [0.3, 0.4) is 0 Å². The number of benzene rings is 6. The van der Waals surface area contributed by atoms with Crippen molar-refractivity contribution in [3.05, 3.63) is 183 Å². The van der Waals surface area contributed by atoms with Crippen LogP contribution in [0.4, 0.5) is 0 Å². The molecule has 8 aromatic carbocycles. The van der Waals surface area contributed by atoms with Crippen molar-refractivity contribution in [3.63, 3.8) is 0 Å². The summed E-state index contributed by atoms with van der Waals surface area (Å²) in [6.07, 6.45) is 0. The van der Waals surface area contributed by atoms with Gasteiger partial charge in [0, 0.05) is 0 Å². The molecule has 0 aliphatic heterocycles. The minimum atomic E-state index is 0. The molecule has 0 spiro atoms. The summed E-state index contributed by atoms with van der Waals surface area (Å²) < 4.78 is 0. The van der Waals surface area contributed by atoms with E-state index >= 15 is 0 Å². The van der Waals surface area contributed by atoms with E-state index in [1.807, 2.05) is 0 Å². The predicted molar refractivity (Wildman–Crippen MR) is 234 cm³/mol. The van der Waals surface area contributed by atoms with E-state index < -0.39 is 0 Å². The molecule has 0 saturated heterocycles. The topological polar surface area (TPSA) is 0 Å². The van der Waals surface area contributed by atoms with Crippen LogP contribution in [0.2, 0.25) is 0 Å². The second-order valence-electron chi connectivity index (χ2n) is 13.1. The van der Waals surface area contributed by atoms with Gasteiger partial charge < -0.3 is 14.9 Å². The van der Waals surface area contributed by atoms with Crippen LogP contribution in [-0.2, 0) is 23.3 Å². The molecule has 0 unspecified atom stereocenters. The predicted octanol–water partition coefficient (Wildman–Crippen LogP) is 14.7. The number of hydrogen-bond donors (Lipinski definition) is 0. The SMILES string of the molecule is CC(C)c1cc2c(-c3cccc4ccccc34)cccc2[cH-]1.Cc1ccc(-c2cc(-c3ccc(C)cc3)c3cc(C)[cH-]c3c2)cc1.Cl.Cl.[CH3-].[CH3-].[Si]=[Zr]. The fourth-order valence-electron chi connectivity index (χ4n) is 6.64. The first-order chi connectivity index (χ1) is 23.3. The number of halogens is 2. The molecule has 0 heterocycles. The molecule has 8 aromatic rings. The van der Waals surface area contributed by atoms with Gasteiger partial charge in [-0.3, -0.25) is 0 Å². The summed E-state index contributed by atoms with van der Waals surface area (Å²) in [6, 6.07) is 53.4. The summed E-state index contributed by atoms with van der Waals surface area (Å²) in [7, 11) is 0. The Hall–Kier alpha value is -3.52. The van der Waals surface area contributed by atoms with Gasteiger partial charge in [0.1, 0.15) is 0 Å². The summed E-state index contributed by atoms with van der Waals surface area (Å²) in [5, 5.41) is 7.99. The Balaban J connectivity index is 0.000000321.